The molecule has 0 bridgehead atoms. The SMILES string of the molecule is COc1ccc(Nc2ccc(N)c(C(N)=O)c2)cc1C. The third kappa shape index (κ3) is 2.83. The Morgan fingerprint density at radius 3 is 2.40 bits per heavy atom. The smallest absolute Gasteiger partial charge is 0.250 e. The number of nitrogen functional groups attached to an aromatic ring is 1. The molecule has 104 valence electrons. The van der Waals surface area contributed by atoms with E-state index in [2.05, 4.69) is 5.32 Å². The molecule has 0 spiro atoms. The Morgan fingerprint density at radius 2 is 1.80 bits per heavy atom. The van der Waals surface area contributed by atoms with Crippen molar-refractivity contribution in [3.8, 4) is 5.75 Å². The van der Waals surface area contributed by atoms with Crippen LogP contribution in [0.5, 0.6) is 5.75 Å². The maximum Gasteiger partial charge on any atom is 0.250 e. The van der Waals surface area contributed by atoms with Gasteiger partial charge < -0.3 is 21.5 Å². The van der Waals surface area contributed by atoms with Gasteiger partial charge in [0.15, 0.2) is 0 Å². The highest BCUT2D eigenvalue weighted by Crippen LogP contribution is 2.25. The van der Waals surface area contributed by atoms with Crippen molar-refractivity contribution in [3.05, 3.63) is 47.5 Å². The second kappa shape index (κ2) is 5.52. The van der Waals surface area contributed by atoms with Crippen molar-refractivity contribution >= 4 is 23.0 Å². The van der Waals surface area contributed by atoms with Crippen LogP contribution in [0.4, 0.5) is 17.1 Å². The predicted molar refractivity (Wildman–Crippen MR) is 80.4 cm³/mol. The van der Waals surface area contributed by atoms with Crippen LogP contribution >= 0.6 is 0 Å². The van der Waals surface area contributed by atoms with Crippen molar-refractivity contribution in [2.45, 2.75) is 6.92 Å². The van der Waals surface area contributed by atoms with Crippen molar-refractivity contribution in [3.63, 3.8) is 0 Å². The van der Waals surface area contributed by atoms with Crippen molar-refractivity contribution in [1.29, 1.82) is 0 Å². The number of hydrogen-bond donors (Lipinski definition) is 3. The number of methoxy groups -OCH3 is 1. The first-order valence-corrected chi connectivity index (χ1v) is 6.12. The predicted octanol–water partition coefficient (Wildman–Crippen LogP) is 2.43. The Labute approximate surface area is 117 Å². The van der Waals surface area contributed by atoms with Gasteiger partial charge in [0, 0.05) is 17.1 Å². The first kappa shape index (κ1) is 13.7. The second-order valence-corrected chi connectivity index (χ2v) is 4.48. The molecular weight excluding hydrogens is 254 g/mol. The fourth-order valence-corrected chi connectivity index (χ4v) is 1.97. The number of carbonyl (C=O) groups excluding carboxylic acids is 1. The number of carbonyl (C=O) groups is 1. The summed E-state index contributed by atoms with van der Waals surface area (Å²) < 4.78 is 5.21. The van der Waals surface area contributed by atoms with Gasteiger partial charge in [0.1, 0.15) is 5.75 Å². The van der Waals surface area contributed by atoms with E-state index >= 15 is 0 Å². The molecule has 20 heavy (non-hydrogen) atoms. The van der Waals surface area contributed by atoms with Gasteiger partial charge in [-0.25, -0.2) is 0 Å². The van der Waals surface area contributed by atoms with E-state index in [9.17, 15) is 4.79 Å². The molecule has 0 aliphatic rings. The minimum absolute atomic E-state index is 0.306. The van der Waals surface area contributed by atoms with Crippen LogP contribution in [0, 0.1) is 6.92 Å². The normalized spacial score (nSPS) is 10.1. The molecule has 5 nitrogen and oxygen atoms in total. The van der Waals surface area contributed by atoms with Crippen LogP contribution in [0.3, 0.4) is 0 Å². The fourth-order valence-electron chi connectivity index (χ4n) is 1.97. The molecule has 2 rings (SSSR count). The highest BCUT2D eigenvalue weighted by molar-refractivity contribution is 5.99. The van der Waals surface area contributed by atoms with Crippen molar-refractivity contribution in [2.24, 2.45) is 5.73 Å². The van der Waals surface area contributed by atoms with E-state index in [0.29, 0.717) is 11.3 Å². The number of primary amides is 1. The average Bonchev–Trinajstić information content (AvgIpc) is 2.41. The summed E-state index contributed by atoms with van der Waals surface area (Å²) in [6, 6.07) is 10.8. The molecule has 2 aromatic carbocycles. The topological polar surface area (TPSA) is 90.4 Å². The number of nitrogens with two attached hydrogens (primary N) is 2. The molecule has 0 heterocycles. The van der Waals surface area contributed by atoms with E-state index in [4.69, 9.17) is 16.2 Å². The molecule has 0 unspecified atom stereocenters. The molecule has 0 atom stereocenters. The number of benzene rings is 2. The lowest BCUT2D eigenvalue weighted by atomic mass is 10.1. The average molecular weight is 271 g/mol. The Hall–Kier alpha value is -2.69. The first-order chi connectivity index (χ1) is 9.51. The molecule has 0 aliphatic heterocycles. The molecule has 5 N–H and O–H groups in total. The number of amides is 1. The number of aryl methyl sites for hydroxylation is 1. The summed E-state index contributed by atoms with van der Waals surface area (Å²) in [4.78, 5) is 11.3. The van der Waals surface area contributed by atoms with E-state index in [1.54, 1.807) is 25.3 Å². The summed E-state index contributed by atoms with van der Waals surface area (Å²) in [5, 5.41) is 3.20. The lowest BCUT2D eigenvalue weighted by Crippen LogP contribution is -2.13. The van der Waals surface area contributed by atoms with Gasteiger partial charge in [0.2, 0.25) is 0 Å². The van der Waals surface area contributed by atoms with Gasteiger partial charge in [-0.15, -0.1) is 0 Å². The zero-order valence-corrected chi connectivity index (χ0v) is 11.4. The van der Waals surface area contributed by atoms with E-state index in [1.807, 2.05) is 25.1 Å². The molecular formula is C15H17N3O2. The third-order valence-electron chi connectivity index (χ3n) is 3.00. The van der Waals surface area contributed by atoms with Gasteiger partial charge >= 0.3 is 0 Å². The van der Waals surface area contributed by atoms with Gasteiger partial charge in [-0.3, -0.25) is 4.79 Å². The summed E-state index contributed by atoms with van der Waals surface area (Å²) >= 11 is 0. The van der Waals surface area contributed by atoms with Crippen molar-refractivity contribution < 1.29 is 9.53 Å². The van der Waals surface area contributed by atoms with Crippen molar-refractivity contribution in [2.75, 3.05) is 18.2 Å². The second-order valence-electron chi connectivity index (χ2n) is 4.48. The van der Waals surface area contributed by atoms with Gasteiger partial charge in [-0.1, -0.05) is 0 Å². The molecule has 0 aliphatic carbocycles. The Morgan fingerprint density at radius 1 is 1.15 bits per heavy atom. The van der Waals surface area contributed by atoms with E-state index in [1.165, 1.54) is 0 Å². The number of rotatable bonds is 4. The van der Waals surface area contributed by atoms with Gasteiger partial charge in [0.05, 0.1) is 12.7 Å². The molecule has 0 fully saturated rings. The van der Waals surface area contributed by atoms with Gasteiger partial charge in [-0.2, -0.15) is 0 Å². The number of ether oxygens (including phenoxy) is 1. The summed E-state index contributed by atoms with van der Waals surface area (Å²) in [7, 11) is 1.63. The van der Waals surface area contributed by atoms with Gasteiger partial charge in [-0.05, 0) is 48.9 Å². The minimum atomic E-state index is -0.544. The van der Waals surface area contributed by atoms with E-state index in [0.717, 1.165) is 22.7 Å². The van der Waals surface area contributed by atoms with Crippen LogP contribution in [0.25, 0.3) is 0 Å². The van der Waals surface area contributed by atoms with E-state index < -0.39 is 5.91 Å². The Kier molecular flexibility index (Phi) is 3.79. The summed E-state index contributed by atoms with van der Waals surface area (Å²) in [5.74, 6) is 0.280. The van der Waals surface area contributed by atoms with Crippen LogP contribution in [0.1, 0.15) is 15.9 Å². The first-order valence-electron chi connectivity index (χ1n) is 6.12. The largest absolute Gasteiger partial charge is 0.496 e. The number of hydrogen-bond acceptors (Lipinski definition) is 4. The quantitative estimate of drug-likeness (QED) is 0.745. The molecule has 5 heteroatoms. The molecule has 2 aromatic rings. The number of anilines is 3. The molecule has 0 aromatic heterocycles. The third-order valence-corrected chi connectivity index (χ3v) is 3.00. The molecule has 0 saturated heterocycles. The summed E-state index contributed by atoms with van der Waals surface area (Å²) in [6.45, 7) is 1.96. The van der Waals surface area contributed by atoms with Crippen LogP contribution in [0.15, 0.2) is 36.4 Å². The monoisotopic (exact) mass is 271 g/mol. The van der Waals surface area contributed by atoms with Crippen LogP contribution in [-0.4, -0.2) is 13.0 Å². The maximum absolute atomic E-state index is 11.3. The summed E-state index contributed by atoms with van der Waals surface area (Å²) in [5.41, 5.74) is 14.3. The lowest BCUT2D eigenvalue weighted by molar-refractivity contribution is 0.100. The maximum atomic E-state index is 11.3. The minimum Gasteiger partial charge on any atom is -0.496 e. The zero-order chi connectivity index (χ0) is 14.7. The van der Waals surface area contributed by atoms with Crippen LogP contribution < -0.4 is 21.5 Å². The molecule has 1 amide bonds. The molecule has 0 radical (unpaired) electrons. The highest BCUT2D eigenvalue weighted by Gasteiger charge is 2.07. The lowest BCUT2D eigenvalue weighted by Gasteiger charge is -2.11. The Balaban J connectivity index is 2.28. The summed E-state index contributed by atoms with van der Waals surface area (Å²) in [6.07, 6.45) is 0. The highest BCUT2D eigenvalue weighted by atomic mass is 16.5. The van der Waals surface area contributed by atoms with Gasteiger partial charge in [0.25, 0.3) is 5.91 Å². The fraction of sp³-hybridized carbons (Fsp3) is 0.133. The zero-order valence-electron chi connectivity index (χ0n) is 11.4. The molecule has 0 saturated carbocycles. The van der Waals surface area contributed by atoms with Crippen molar-refractivity contribution in [1.82, 2.24) is 0 Å². The van der Waals surface area contributed by atoms with E-state index in [-0.39, 0.29) is 0 Å². The number of nitrogens with one attached hydrogen (secondary N) is 1. The van der Waals surface area contributed by atoms with Crippen LogP contribution in [-0.2, 0) is 0 Å². The Bertz CT molecular complexity index is 654. The standard InChI is InChI=1S/C15H17N3O2/c1-9-7-10(4-6-14(9)20-2)18-11-3-5-13(16)12(8-11)15(17)19/h3-8,18H,16H2,1-2H3,(H2,17,19). The van der Waals surface area contributed by atoms with Crippen LogP contribution in [0.2, 0.25) is 0 Å².